The molecule has 0 N–H and O–H groups in total. The highest BCUT2D eigenvalue weighted by Crippen LogP contribution is 2.18. The van der Waals surface area contributed by atoms with Crippen LogP contribution in [0.15, 0.2) is 60.8 Å². The normalized spacial score (nSPS) is 10.0. The molecule has 1 aromatic heterocycles. The molecule has 3 aromatic rings. The Morgan fingerprint density at radius 2 is 1.43 bits per heavy atom. The van der Waals surface area contributed by atoms with Crippen LogP contribution in [0, 0.1) is 0 Å². The van der Waals surface area contributed by atoms with E-state index >= 15 is 0 Å². The van der Waals surface area contributed by atoms with E-state index in [2.05, 4.69) is 9.97 Å². The van der Waals surface area contributed by atoms with Crippen LogP contribution in [0.25, 0.3) is 22.3 Å². The van der Waals surface area contributed by atoms with Gasteiger partial charge < -0.3 is 4.74 Å². The second kappa shape index (κ2) is 8.12. The summed E-state index contributed by atoms with van der Waals surface area (Å²) >= 11 is 0. The van der Waals surface area contributed by atoms with Crippen LogP contribution in [0.2, 0.25) is 0 Å². The van der Waals surface area contributed by atoms with Gasteiger partial charge in [0.2, 0.25) is 0 Å². The van der Waals surface area contributed by atoms with E-state index in [-0.39, 0.29) is 0 Å². The minimum Gasteiger partial charge on any atom is -0.382 e. The third kappa shape index (κ3) is 4.36. The molecule has 0 unspecified atom stereocenters. The number of rotatable bonds is 3. The Bertz CT molecular complexity index is 666. The summed E-state index contributed by atoms with van der Waals surface area (Å²) in [5, 5.41) is 0. The third-order valence-electron chi connectivity index (χ3n) is 2.93. The largest absolute Gasteiger partial charge is 0.382 e. The van der Waals surface area contributed by atoms with Gasteiger partial charge in [0.05, 0.1) is 22.9 Å². The van der Waals surface area contributed by atoms with Gasteiger partial charge in [-0.1, -0.05) is 42.5 Å². The summed E-state index contributed by atoms with van der Waals surface area (Å²) < 4.78 is 4.83. The summed E-state index contributed by atoms with van der Waals surface area (Å²) in [7, 11) is 0. The fourth-order valence-corrected chi connectivity index (χ4v) is 1.91. The van der Waals surface area contributed by atoms with Gasteiger partial charge >= 0.3 is 0 Å². The van der Waals surface area contributed by atoms with Crippen molar-refractivity contribution in [2.24, 2.45) is 0 Å². The summed E-state index contributed by atoms with van der Waals surface area (Å²) in [6.07, 6.45) is 1.82. The van der Waals surface area contributed by atoms with Crippen molar-refractivity contribution in [3.63, 3.8) is 0 Å². The Morgan fingerprint density at radius 1 is 0.810 bits per heavy atom. The highest BCUT2D eigenvalue weighted by atomic mass is 16.5. The molecule has 0 aliphatic heterocycles. The van der Waals surface area contributed by atoms with Crippen LogP contribution in [0.3, 0.4) is 0 Å². The third-order valence-corrected chi connectivity index (χ3v) is 2.93. The lowest BCUT2D eigenvalue weighted by atomic mass is 10.1. The number of hydrogen-bond donors (Lipinski definition) is 0. The second-order valence-corrected chi connectivity index (χ2v) is 4.39. The van der Waals surface area contributed by atoms with Gasteiger partial charge in [0.25, 0.3) is 0 Å². The van der Waals surface area contributed by atoms with Crippen LogP contribution < -0.4 is 0 Å². The van der Waals surface area contributed by atoms with Gasteiger partial charge in [-0.05, 0) is 26.0 Å². The van der Waals surface area contributed by atoms with Crippen molar-refractivity contribution in [3.05, 3.63) is 60.8 Å². The molecule has 0 saturated heterocycles. The first-order valence-corrected chi connectivity index (χ1v) is 7.20. The number of ether oxygens (including phenoxy) is 1. The number of nitrogens with zero attached hydrogens (tertiary/aromatic N) is 2. The zero-order valence-corrected chi connectivity index (χ0v) is 12.5. The molecule has 0 spiro atoms. The van der Waals surface area contributed by atoms with E-state index in [0.29, 0.717) is 0 Å². The number of para-hydroxylation sites is 2. The van der Waals surface area contributed by atoms with Gasteiger partial charge in [-0.3, -0.25) is 4.98 Å². The first-order chi connectivity index (χ1) is 10.3. The van der Waals surface area contributed by atoms with E-state index in [0.717, 1.165) is 35.5 Å². The van der Waals surface area contributed by atoms with Crippen LogP contribution in [0.5, 0.6) is 0 Å². The number of benzene rings is 2. The molecule has 0 atom stereocenters. The van der Waals surface area contributed by atoms with Crippen LogP contribution in [-0.4, -0.2) is 23.2 Å². The van der Waals surface area contributed by atoms with E-state index in [1.54, 1.807) is 0 Å². The first-order valence-electron chi connectivity index (χ1n) is 7.20. The minimum atomic E-state index is 0.844. The van der Waals surface area contributed by atoms with Gasteiger partial charge in [-0.15, -0.1) is 0 Å². The van der Waals surface area contributed by atoms with Crippen LogP contribution in [-0.2, 0) is 4.74 Å². The Balaban J connectivity index is 0.000000282. The molecule has 3 nitrogen and oxygen atoms in total. The minimum absolute atomic E-state index is 0.844. The van der Waals surface area contributed by atoms with Gasteiger partial charge in [0.1, 0.15) is 0 Å². The number of hydrogen-bond acceptors (Lipinski definition) is 3. The number of fused-ring (bicyclic) bond motifs is 1. The summed E-state index contributed by atoms with van der Waals surface area (Å²) in [4.78, 5) is 8.98. The summed E-state index contributed by atoms with van der Waals surface area (Å²) in [6.45, 7) is 5.67. The molecule has 21 heavy (non-hydrogen) atoms. The molecule has 0 fully saturated rings. The standard InChI is InChI=1S/C14H10N2.C4H10O/c1-2-6-11(7-3-1)14-10-15-12-8-4-5-9-13(12)16-14;1-3-5-4-2/h1-10H;3-4H2,1-2H3. The molecule has 0 radical (unpaired) electrons. The lowest BCUT2D eigenvalue weighted by Gasteiger charge is -2.01. The Kier molecular flexibility index (Phi) is 5.85. The quantitative estimate of drug-likeness (QED) is 0.716. The average molecular weight is 280 g/mol. The van der Waals surface area contributed by atoms with E-state index in [1.807, 2.05) is 74.6 Å². The van der Waals surface area contributed by atoms with E-state index < -0.39 is 0 Å². The topological polar surface area (TPSA) is 35.0 Å². The van der Waals surface area contributed by atoms with Crippen molar-refractivity contribution < 1.29 is 4.74 Å². The predicted molar refractivity (Wildman–Crippen MR) is 87.1 cm³/mol. The summed E-state index contributed by atoms with van der Waals surface area (Å²) in [5.41, 5.74) is 3.88. The van der Waals surface area contributed by atoms with Crippen LogP contribution >= 0.6 is 0 Å². The van der Waals surface area contributed by atoms with Crippen molar-refractivity contribution in [2.75, 3.05) is 13.2 Å². The van der Waals surface area contributed by atoms with Crippen molar-refractivity contribution >= 4 is 11.0 Å². The molecule has 108 valence electrons. The van der Waals surface area contributed by atoms with Crippen molar-refractivity contribution in [1.82, 2.24) is 9.97 Å². The average Bonchev–Trinajstić information content (AvgIpc) is 2.56. The molecule has 0 aliphatic carbocycles. The monoisotopic (exact) mass is 280 g/mol. The zero-order valence-electron chi connectivity index (χ0n) is 12.5. The maximum absolute atomic E-state index is 4.83. The van der Waals surface area contributed by atoms with E-state index in [4.69, 9.17) is 4.74 Å². The maximum Gasteiger partial charge on any atom is 0.0894 e. The van der Waals surface area contributed by atoms with Gasteiger partial charge in [-0.25, -0.2) is 4.98 Å². The zero-order chi connectivity index (χ0) is 14.9. The lowest BCUT2D eigenvalue weighted by Crippen LogP contribution is -1.87. The van der Waals surface area contributed by atoms with Crippen molar-refractivity contribution in [1.29, 1.82) is 0 Å². The van der Waals surface area contributed by atoms with Crippen molar-refractivity contribution in [3.8, 4) is 11.3 Å². The van der Waals surface area contributed by atoms with Crippen LogP contribution in [0.4, 0.5) is 0 Å². The highest BCUT2D eigenvalue weighted by molar-refractivity contribution is 5.76. The smallest absolute Gasteiger partial charge is 0.0894 e. The van der Waals surface area contributed by atoms with Gasteiger partial charge in [0, 0.05) is 18.8 Å². The van der Waals surface area contributed by atoms with Gasteiger partial charge in [0.15, 0.2) is 0 Å². The Hall–Kier alpha value is -2.26. The predicted octanol–water partition coefficient (Wildman–Crippen LogP) is 4.34. The maximum atomic E-state index is 4.83. The molecule has 0 aliphatic rings. The molecule has 1 heterocycles. The molecule has 3 rings (SSSR count). The van der Waals surface area contributed by atoms with E-state index in [1.165, 1.54) is 0 Å². The first kappa shape index (κ1) is 15.1. The Labute approximate surface area is 125 Å². The molecule has 0 amide bonds. The molecular weight excluding hydrogens is 260 g/mol. The highest BCUT2D eigenvalue weighted by Gasteiger charge is 2.00. The molecule has 3 heteroatoms. The fourth-order valence-electron chi connectivity index (χ4n) is 1.91. The van der Waals surface area contributed by atoms with Crippen LogP contribution in [0.1, 0.15) is 13.8 Å². The molecular formula is C18H20N2O. The fraction of sp³-hybridized carbons (Fsp3) is 0.222. The molecule has 2 aromatic carbocycles. The van der Waals surface area contributed by atoms with Gasteiger partial charge in [-0.2, -0.15) is 0 Å². The summed E-state index contributed by atoms with van der Waals surface area (Å²) in [6, 6.07) is 18.0. The van der Waals surface area contributed by atoms with E-state index in [9.17, 15) is 0 Å². The number of aromatic nitrogens is 2. The molecule has 0 bridgehead atoms. The summed E-state index contributed by atoms with van der Waals surface area (Å²) in [5.74, 6) is 0. The lowest BCUT2D eigenvalue weighted by molar-refractivity contribution is 0.162. The SMILES string of the molecule is CCOCC.c1ccc(-c2cnc3ccccc3n2)cc1. The van der Waals surface area contributed by atoms with Crippen molar-refractivity contribution in [2.45, 2.75) is 13.8 Å². The molecule has 0 saturated carbocycles. The second-order valence-electron chi connectivity index (χ2n) is 4.39. The Morgan fingerprint density at radius 3 is 2.05 bits per heavy atom.